The van der Waals surface area contributed by atoms with Gasteiger partial charge in [-0.1, -0.05) is 24.3 Å². The van der Waals surface area contributed by atoms with E-state index in [1.54, 1.807) is 20.9 Å². The quantitative estimate of drug-likeness (QED) is 0.420. The van der Waals surface area contributed by atoms with E-state index in [4.69, 9.17) is 5.26 Å². The molecule has 0 aliphatic carbocycles. The fourth-order valence-electron chi connectivity index (χ4n) is 3.14. The molecule has 0 aliphatic rings. The lowest BCUT2D eigenvalue weighted by Crippen LogP contribution is -2.28. The number of anilines is 2. The van der Waals surface area contributed by atoms with Gasteiger partial charge in [0.2, 0.25) is 0 Å². The number of benzene rings is 2. The van der Waals surface area contributed by atoms with Crippen molar-refractivity contribution < 1.29 is 14.3 Å². The Morgan fingerprint density at radius 2 is 1.97 bits per heavy atom. The predicted octanol–water partition coefficient (Wildman–Crippen LogP) is 3.74. The first-order valence-corrected chi connectivity index (χ1v) is 9.98. The molecule has 0 aromatic heterocycles. The van der Waals surface area contributed by atoms with Gasteiger partial charge >= 0.3 is 5.97 Å². The van der Waals surface area contributed by atoms with E-state index >= 15 is 0 Å². The Morgan fingerprint density at radius 3 is 2.63 bits per heavy atom. The summed E-state index contributed by atoms with van der Waals surface area (Å²) in [6.45, 7) is 5.60. The van der Waals surface area contributed by atoms with Crippen molar-refractivity contribution in [2.75, 3.05) is 37.3 Å². The van der Waals surface area contributed by atoms with Gasteiger partial charge in [-0.3, -0.25) is 4.79 Å². The standard InChI is InChI=1S/C23H29FN4O2/c1-23(2,22(29)30)18-7-4-6-16(12-18)8-11-27-9-5-10-28-20-14-19(24)13-17(15-25)21(20)26-3/h4,6-7,12-14,26-28H,5,8-11H2,1-3H3,(H,29,30). The van der Waals surface area contributed by atoms with Crippen LogP contribution in [0.25, 0.3) is 0 Å². The fourth-order valence-corrected chi connectivity index (χ4v) is 3.14. The number of nitriles is 1. The van der Waals surface area contributed by atoms with Gasteiger partial charge in [-0.05, 0) is 63.0 Å². The summed E-state index contributed by atoms with van der Waals surface area (Å²) in [5, 5.41) is 28.0. The van der Waals surface area contributed by atoms with E-state index in [0.717, 1.165) is 37.1 Å². The van der Waals surface area contributed by atoms with Crippen LogP contribution in [-0.2, 0) is 16.6 Å². The molecule has 0 saturated heterocycles. The molecule has 0 fully saturated rings. The number of hydrogen-bond acceptors (Lipinski definition) is 5. The summed E-state index contributed by atoms with van der Waals surface area (Å²) in [5.41, 5.74) is 2.41. The number of halogens is 1. The lowest BCUT2D eigenvalue weighted by atomic mass is 9.84. The minimum absolute atomic E-state index is 0.270. The average Bonchev–Trinajstić information content (AvgIpc) is 2.72. The van der Waals surface area contributed by atoms with Gasteiger partial charge in [0, 0.05) is 13.6 Å². The lowest BCUT2D eigenvalue weighted by Gasteiger charge is -2.20. The van der Waals surface area contributed by atoms with Crippen molar-refractivity contribution >= 4 is 17.3 Å². The van der Waals surface area contributed by atoms with Crippen molar-refractivity contribution in [3.8, 4) is 6.07 Å². The van der Waals surface area contributed by atoms with Crippen LogP contribution < -0.4 is 16.0 Å². The first-order chi connectivity index (χ1) is 14.3. The Bertz CT molecular complexity index is 922. The minimum atomic E-state index is -0.913. The summed E-state index contributed by atoms with van der Waals surface area (Å²) < 4.78 is 13.7. The molecule has 0 radical (unpaired) electrons. The summed E-state index contributed by atoms with van der Waals surface area (Å²) in [6, 6.07) is 12.3. The van der Waals surface area contributed by atoms with Crippen molar-refractivity contribution in [1.82, 2.24) is 5.32 Å². The molecule has 0 atom stereocenters. The number of nitrogens with zero attached hydrogens (tertiary/aromatic N) is 1. The SMILES string of the molecule is CNc1c(C#N)cc(F)cc1NCCCNCCc1cccc(C(C)(C)C(=O)O)c1. The normalized spacial score (nSPS) is 11.0. The summed E-state index contributed by atoms with van der Waals surface area (Å²) in [6.07, 6.45) is 1.63. The topological polar surface area (TPSA) is 97.2 Å². The van der Waals surface area contributed by atoms with Crippen LogP contribution >= 0.6 is 0 Å². The number of hydrogen-bond donors (Lipinski definition) is 4. The minimum Gasteiger partial charge on any atom is -0.481 e. The zero-order valence-electron chi connectivity index (χ0n) is 17.7. The van der Waals surface area contributed by atoms with Gasteiger partial charge in [0.15, 0.2) is 0 Å². The molecule has 0 heterocycles. The van der Waals surface area contributed by atoms with Crippen LogP contribution in [0.4, 0.5) is 15.8 Å². The van der Waals surface area contributed by atoms with Crippen molar-refractivity contribution in [2.24, 2.45) is 0 Å². The molecule has 160 valence electrons. The molecule has 0 bridgehead atoms. The highest BCUT2D eigenvalue weighted by molar-refractivity contribution is 5.80. The maximum Gasteiger partial charge on any atom is 0.313 e. The highest BCUT2D eigenvalue weighted by atomic mass is 19.1. The number of carbonyl (C=O) groups is 1. The predicted molar refractivity (Wildman–Crippen MR) is 117 cm³/mol. The Labute approximate surface area is 177 Å². The van der Waals surface area contributed by atoms with Crippen LogP contribution in [0.1, 0.15) is 37.0 Å². The summed E-state index contributed by atoms with van der Waals surface area (Å²) in [5.74, 6) is -1.29. The molecule has 6 nitrogen and oxygen atoms in total. The van der Waals surface area contributed by atoms with Crippen LogP contribution in [0.3, 0.4) is 0 Å². The Kier molecular flexibility index (Phi) is 8.19. The van der Waals surface area contributed by atoms with E-state index in [1.807, 2.05) is 30.3 Å². The van der Waals surface area contributed by atoms with Gasteiger partial charge in [0.05, 0.1) is 22.4 Å². The Balaban J connectivity index is 1.77. The maximum atomic E-state index is 13.7. The summed E-state index contributed by atoms with van der Waals surface area (Å²) >= 11 is 0. The zero-order valence-corrected chi connectivity index (χ0v) is 17.7. The molecule has 0 unspecified atom stereocenters. The number of carboxylic acids is 1. The van der Waals surface area contributed by atoms with E-state index in [-0.39, 0.29) is 5.56 Å². The number of rotatable bonds is 11. The average molecular weight is 413 g/mol. The molecular weight excluding hydrogens is 383 g/mol. The van der Waals surface area contributed by atoms with Gasteiger partial charge in [-0.15, -0.1) is 0 Å². The fraction of sp³-hybridized carbons (Fsp3) is 0.391. The van der Waals surface area contributed by atoms with E-state index in [0.29, 0.717) is 17.9 Å². The highest BCUT2D eigenvalue weighted by Crippen LogP contribution is 2.27. The second-order valence-electron chi connectivity index (χ2n) is 7.65. The highest BCUT2D eigenvalue weighted by Gasteiger charge is 2.29. The van der Waals surface area contributed by atoms with E-state index in [1.165, 1.54) is 12.1 Å². The second kappa shape index (κ2) is 10.6. The number of aliphatic carboxylic acids is 1. The molecule has 0 amide bonds. The van der Waals surface area contributed by atoms with Crippen LogP contribution in [-0.4, -0.2) is 37.8 Å². The van der Waals surface area contributed by atoms with Crippen molar-refractivity contribution in [2.45, 2.75) is 32.1 Å². The third-order valence-corrected chi connectivity index (χ3v) is 5.09. The van der Waals surface area contributed by atoms with Crippen molar-refractivity contribution in [3.63, 3.8) is 0 Å². The van der Waals surface area contributed by atoms with Crippen LogP contribution in [0.5, 0.6) is 0 Å². The van der Waals surface area contributed by atoms with Crippen molar-refractivity contribution in [1.29, 1.82) is 5.26 Å². The third kappa shape index (κ3) is 5.94. The molecule has 4 N–H and O–H groups in total. The van der Waals surface area contributed by atoms with Gasteiger partial charge in [0.1, 0.15) is 11.9 Å². The van der Waals surface area contributed by atoms with E-state index < -0.39 is 17.2 Å². The van der Waals surface area contributed by atoms with Gasteiger partial charge in [-0.25, -0.2) is 4.39 Å². The first-order valence-electron chi connectivity index (χ1n) is 9.98. The van der Waals surface area contributed by atoms with Crippen LogP contribution in [0, 0.1) is 17.1 Å². The third-order valence-electron chi connectivity index (χ3n) is 5.09. The molecule has 2 aromatic carbocycles. The monoisotopic (exact) mass is 412 g/mol. The summed E-state index contributed by atoms with van der Waals surface area (Å²) in [4.78, 5) is 11.4. The molecule has 2 aromatic rings. The van der Waals surface area contributed by atoms with Crippen molar-refractivity contribution in [3.05, 3.63) is 58.9 Å². The molecule has 30 heavy (non-hydrogen) atoms. The smallest absolute Gasteiger partial charge is 0.313 e. The van der Waals surface area contributed by atoms with Gasteiger partial charge in [-0.2, -0.15) is 5.26 Å². The van der Waals surface area contributed by atoms with Gasteiger partial charge < -0.3 is 21.1 Å². The number of nitrogens with one attached hydrogen (secondary N) is 3. The molecule has 0 aliphatic heterocycles. The Morgan fingerprint density at radius 1 is 1.20 bits per heavy atom. The largest absolute Gasteiger partial charge is 0.481 e. The van der Waals surface area contributed by atoms with E-state index in [2.05, 4.69) is 16.0 Å². The Hall–Kier alpha value is -3.11. The molecule has 0 saturated carbocycles. The van der Waals surface area contributed by atoms with Crippen LogP contribution in [0.2, 0.25) is 0 Å². The van der Waals surface area contributed by atoms with Gasteiger partial charge in [0.25, 0.3) is 0 Å². The molecule has 7 heteroatoms. The lowest BCUT2D eigenvalue weighted by molar-refractivity contribution is -0.142. The van der Waals surface area contributed by atoms with E-state index in [9.17, 15) is 14.3 Å². The molecule has 0 spiro atoms. The number of carboxylic acid groups (broad SMARTS) is 1. The molecule has 2 rings (SSSR count). The van der Waals surface area contributed by atoms with Crippen LogP contribution in [0.15, 0.2) is 36.4 Å². The molecular formula is C23H29FN4O2. The zero-order chi connectivity index (χ0) is 22.1. The maximum absolute atomic E-state index is 13.7. The first kappa shape index (κ1) is 23.2. The summed E-state index contributed by atoms with van der Waals surface area (Å²) in [7, 11) is 1.70. The second-order valence-corrected chi connectivity index (χ2v) is 7.65.